The summed E-state index contributed by atoms with van der Waals surface area (Å²) in [7, 11) is 2.69. The summed E-state index contributed by atoms with van der Waals surface area (Å²) in [6, 6.07) is 13.5. The molecule has 0 aliphatic carbocycles. The molecule has 27 heavy (non-hydrogen) atoms. The van der Waals surface area contributed by atoms with Gasteiger partial charge in [0, 0.05) is 0 Å². The van der Waals surface area contributed by atoms with Gasteiger partial charge in [0.1, 0.15) is 24.7 Å². The van der Waals surface area contributed by atoms with Crippen LogP contribution in [0.3, 0.4) is 0 Å². The third kappa shape index (κ3) is 6.18. The summed E-state index contributed by atoms with van der Waals surface area (Å²) >= 11 is 0. The molecule has 0 saturated heterocycles. The lowest BCUT2D eigenvalue weighted by molar-refractivity contribution is 0.0591. The zero-order chi connectivity index (χ0) is 19.6. The van der Waals surface area contributed by atoms with Crippen molar-refractivity contribution in [1.29, 1.82) is 0 Å². The zero-order valence-electron chi connectivity index (χ0n) is 15.6. The number of rotatable bonds is 8. The van der Waals surface area contributed by atoms with E-state index in [1.807, 2.05) is 13.0 Å². The van der Waals surface area contributed by atoms with Gasteiger partial charge >= 0.3 is 11.9 Å². The minimum absolute atomic E-state index is 0.380. The van der Waals surface area contributed by atoms with Crippen LogP contribution < -0.4 is 9.47 Å². The third-order valence-corrected chi connectivity index (χ3v) is 3.70. The summed E-state index contributed by atoms with van der Waals surface area (Å²) in [4.78, 5) is 22.8. The summed E-state index contributed by atoms with van der Waals surface area (Å²) in [6.45, 7) is 2.72. The molecule has 142 valence electrons. The van der Waals surface area contributed by atoms with Crippen LogP contribution >= 0.6 is 0 Å². The van der Waals surface area contributed by atoms with E-state index in [0.717, 1.165) is 5.57 Å². The van der Waals surface area contributed by atoms with Crippen LogP contribution in [0.2, 0.25) is 0 Å². The molecule has 6 nitrogen and oxygen atoms in total. The number of hydrogen-bond acceptors (Lipinski definition) is 6. The monoisotopic (exact) mass is 370 g/mol. The van der Waals surface area contributed by atoms with Gasteiger partial charge in [0.25, 0.3) is 0 Å². The maximum absolute atomic E-state index is 11.4. The van der Waals surface area contributed by atoms with Crippen LogP contribution in [0.25, 0.3) is 0 Å². The number of benzene rings is 2. The Bertz CT molecular complexity index is 790. The molecule has 2 rings (SSSR count). The molecule has 0 heterocycles. The Kier molecular flexibility index (Phi) is 7.43. The van der Waals surface area contributed by atoms with Gasteiger partial charge in [0.05, 0.1) is 25.3 Å². The van der Waals surface area contributed by atoms with Crippen LogP contribution in [0.1, 0.15) is 27.6 Å². The lowest BCUT2D eigenvalue weighted by Gasteiger charge is -2.08. The van der Waals surface area contributed by atoms with Gasteiger partial charge in [-0.3, -0.25) is 0 Å². The van der Waals surface area contributed by atoms with Crippen molar-refractivity contribution in [1.82, 2.24) is 0 Å². The maximum atomic E-state index is 11.4. The number of ether oxygens (including phenoxy) is 4. The van der Waals surface area contributed by atoms with Crippen molar-refractivity contribution in [3.8, 4) is 11.5 Å². The SMILES string of the molecule is COC(=O)c1ccc(OCC=C(C)COc2ccc(C(=O)OC)cc2)cc1. The van der Waals surface area contributed by atoms with Gasteiger partial charge in [-0.05, 0) is 67.1 Å². The van der Waals surface area contributed by atoms with E-state index in [-0.39, 0.29) is 11.9 Å². The first kappa shape index (κ1) is 20.0. The van der Waals surface area contributed by atoms with Crippen LogP contribution in [-0.2, 0) is 9.47 Å². The molecule has 0 N–H and O–H groups in total. The molecule has 2 aromatic carbocycles. The van der Waals surface area contributed by atoms with E-state index in [9.17, 15) is 9.59 Å². The Labute approximate surface area is 158 Å². The van der Waals surface area contributed by atoms with E-state index in [1.165, 1.54) is 14.2 Å². The van der Waals surface area contributed by atoms with Crippen molar-refractivity contribution < 1.29 is 28.5 Å². The van der Waals surface area contributed by atoms with Crippen LogP contribution in [-0.4, -0.2) is 39.4 Å². The molecule has 0 spiro atoms. The molecule has 0 unspecified atom stereocenters. The lowest BCUT2D eigenvalue weighted by Crippen LogP contribution is -2.03. The second kappa shape index (κ2) is 10.0. The quantitative estimate of drug-likeness (QED) is 0.522. The zero-order valence-corrected chi connectivity index (χ0v) is 15.6. The third-order valence-electron chi connectivity index (χ3n) is 3.70. The van der Waals surface area contributed by atoms with E-state index in [2.05, 4.69) is 9.47 Å². The fourth-order valence-corrected chi connectivity index (χ4v) is 2.15. The molecule has 0 amide bonds. The predicted molar refractivity (Wildman–Crippen MR) is 100 cm³/mol. The Morgan fingerprint density at radius 1 is 0.778 bits per heavy atom. The van der Waals surface area contributed by atoms with Gasteiger partial charge in [-0.15, -0.1) is 0 Å². The van der Waals surface area contributed by atoms with E-state index in [0.29, 0.717) is 35.8 Å². The molecule has 0 saturated carbocycles. The van der Waals surface area contributed by atoms with Gasteiger partial charge in [0.15, 0.2) is 0 Å². The second-order valence-corrected chi connectivity index (χ2v) is 5.68. The summed E-state index contributed by atoms with van der Waals surface area (Å²) in [5, 5.41) is 0. The second-order valence-electron chi connectivity index (χ2n) is 5.68. The first-order chi connectivity index (χ1) is 13.0. The molecule has 0 radical (unpaired) electrons. The highest BCUT2D eigenvalue weighted by Crippen LogP contribution is 2.15. The molecule has 0 bridgehead atoms. The van der Waals surface area contributed by atoms with Crippen molar-refractivity contribution in [2.75, 3.05) is 27.4 Å². The highest BCUT2D eigenvalue weighted by molar-refractivity contribution is 5.89. The molecular weight excluding hydrogens is 348 g/mol. The van der Waals surface area contributed by atoms with Crippen molar-refractivity contribution in [3.05, 3.63) is 71.3 Å². The predicted octanol–water partition coefficient (Wildman–Crippen LogP) is 3.66. The number of methoxy groups -OCH3 is 2. The number of esters is 2. The molecule has 0 aliphatic rings. The summed E-state index contributed by atoms with van der Waals surface area (Å²) in [5.74, 6) is 0.559. The van der Waals surface area contributed by atoms with Gasteiger partial charge in [-0.1, -0.05) is 0 Å². The van der Waals surface area contributed by atoms with E-state index >= 15 is 0 Å². The molecular formula is C21H22O6. The molecule has 2 aromatic rings. The van der Waals surface area contributed by atoms with E-state index in [4.69, 9.17) is 9.47 Å². The average Bonchev–Trinajstić information content (AvgIpc) is 2.72. The minimum Gasteiger partial charge on any atom is -0.490 e. The number of carbonyl (C=O) groups excluding carboxylic acids is 2. The first-order valence-electron chi connectivity index (χ1n) is 8.31. The van der Waals surface area contributed by atoms with Gasteiger partial charge < -0.3 is 18.9 Å². The van der Waals surface area contributed by atoms with Crippen LogP contribution in [0.15, 0.2) is 60.2 Å². The fraction of sp³-hybridized carbons (Fsp3) is 0.238. The molecule has 6 heteroatoms. The average molecular weight is 370 g/mol. The number of hydrogen-bond donors (Lipinski definition) is 0. The normalized spacial score (nSPS) is 10.9. The van der Waals surface area contributed by atoms with Crippen molar-refractivity contribution in [2.45, 2.75) is 6.92 Å². The number of carbonyl (C=O) groups is 2. The van der Waals surface area contributed by atoms with Crippen molar-refractivity contribution >= 4 is 11.9 Å². The Hall–Kier alpha value is -3.28. The summed E-state index contributed by atoms with van der Waals surface area (Å²) < 4.78 is 20.6. The summed E-state index contributed by atoms with van der Waals surface area (Å²) in [6.07, 6.45) is 1.91. The van der Waals surface area contributed by atoms with Crippen LogP contribution in [0, 0.1) is 0 Å². The Balaban J connectivity index is 1.79. The molecule has 0 fully saturated rings. The van der Waals surface area contributed by atoms with Crippen LogP contribution in [0.4, 0.5) is 0 Å². The van der Waals surface area contributed by atoms with Crippen LogP contribution in [0.5, 0.6) is 11.5 Å². The molecule has 0 aromatic heterocycles. The Morgan fingerprint density at radius 3 is 1.67 bits per heavy atom. The topological polar surface area (TPSA) is 71.1 Å². The Morgan fingerprint density at radius 2 is 1.22 bits per heavy atom. The van der Waals surface area contributed by atoms with Gasteiger partial charge in [-0.25, -0.2) is 9.59 Å². The van der Waals surface area contributed by atoms with E-state index < -0.39 is 0 Å². The first-order valence-corrected chi connectivity index (χ1v) is 8.31. The highest BCUT2D eigenvalue weighted by Gasteiger charge is 2.05. The lowest BCUT2D eigenvalue weighted by atomic mass is 10.2. The summed E-state index contributed by atoms with van der Waals surface area (Å²) in [5.41, 5.74) is 1.95. The minimum atomic E-state index is -0.381. The fourth-order valence-electron chi connectivity index (χ4n) is 2.15. The molecule has 0 atom stereocenters. The highest BCUT2D eigenvalue weighted by atomic mass is 16.5. The van der Waals surface area contributed by atoms with Crippen molar-refractivity contribution in [3.63, 3.8) is 0 Å². The largest absolute Gasteiger partial charge is 0.490 e. The van der Waals surface area contributed by atoms with E-state index in [1.54, 1.807) is 48.5 Å². The van der Waals surface area contributed by atoms with Gasteiger partial charge in [-0.2, -0.15) is 0 Å². The van der Waals surface area contributed by atoms with Gasteiger partial charge in [0.2, 0.25) is 0 Å². The molecule has 0 aliphatic heterocycles. The standard InChI is InChI=1S/C21H22O6/c1-15(14-27-19-10-6-17(7-11-19)21(23)25-3)12-13-26-18-8-4-16(5-9-18)20(22)24-2/h4-12H,13-14H2,1-3H3. The van der Waals surface area contributed by atoms with Crippen molar-refractivity contribution in [2.24, 2.45) is 0 Å². The smallest absolute Gasteiger partial charge is 0.337 e. The maximum Gasteiger partial charge on any atom is 0.337 e.